The third kappa shape index (κ3) is 2.57. The van der Waals surface area contributed by atoms with Gasteiger partial charge in [-0.25, -0.2) is 9.69 Å². The molecule has 1 aromatic heterocycles. The van der Waals surface area contributed by atoms with Crippen LogP contribution >= 0.6 is 0 Å². The summed E-state index contributed by atoms with van der Waals surface area (Å²) in [6.45, 7) is 8.31. The van der Waals surface area contributed by atoms with E-state index >= 15 is 0 Å². The van der Waals surface area contributed by atoms with Gasteiger partial charge >= 0.3 is 6.03 Å². The SMILES string of the molecule is C=N/C=C\C1=CCN(CC)C(=O)N1c1cc(C)on1. The molecule has 6 heteroatoms. The number of aliphatic imine (C=N–C) groups is 1. The van der Waals surface area contributed by atoms with Gasteiger partial charge in [0, 0.05) is 25.4 Å². The van der Waals surface area contributed by atoms with Crippen LogP contribution in [0.25, 0.3) is 0 Å². The van der Waals surface area contributed by atoms with Crippen molar-refractivity contribution in [1.82, 2.24) is 10.1 Å². The Labute approximate surface area is 111 Å². The first-order chi connectivity index (χ1) is 9.17. The van der Waals surface area contributed by atoms with Crippen molar-refractivity contribution in [1.29, 1.82) is 0 Å². The zero-order valence-corrected chi connectivity index (χ0v) is 11.0. The number of urea groups is 1. The van der Waals surface area contributed by atoms with Crippen molar-refractivity contribution in [3.63, 3.8) is 0 Å². The van der Waals surface area contributed by atoms with E-state index < -0.39 is 0 Å². The Hall–Kier alpha value is -2.37. The first-order valence-corrected chi connectivity index (χ1v) is 6.02. The van der Waals surface area contributed by atoms with E-state index in [0.717, 1.165) is 5.70 Å². The molecule has 2 amide bonds. The van der Waals surface area contributed by atoms with Gasteiger partial charge in [-0.1, -0.05) is 5.16 Å². The second-order valence-electron chi connectivity index (χ2n) is 4.08. The highest BCUT2D eigenvalue weighted by Gasteiger charge is 2.29. The molecule has 0 N–H and O–H groups in total. The first-order valence-electron chi connectivity index (χ1n) is 6.02. The lowest BCUT2D eigenvalue weighted by Gasteiger charge is -2.32. The Balaban J connectivity index is 2.40. The fraction of sp³-hybridized carbons (Fsp3) is 0.308. The highest BCUT2D eigenvalue weighted by molar-refractivity contribution is 5.96. The molecule has 2 rings (SSSR count). The number of hydrogen-bond acceptors (Lipinski definition) is 4. The number of likely N-dealkylation sites (N-methyl/N-ethyl adjacent to an activating group) is 1. The Morgan fingerprint density at radius 1 is 1.63 bits per heavy atom. The highest BCUT2D eigenvalue weighted by Crippen LogP contribution is 2.24. The van der Waals surface area contributed by atoms with E-state index in [4.69, 9.17) is 4.52 Å². The van der Waals surface area contributed by atoms with E-state index in [9.17, 15) is 4.79 Å². The predicted octanol–water partition coefficient (Wildman–Crippen LogP) is 2.34. The molecule has 0 bridgehead atoms. The van der Waals surface area contributed by atoms with Gasteiger partial charge in [0.15, 0.2) is 5.82 Å². The van der Waals surface area contributed by atoms with Crippen molar-refractivity contribution in [2.75, 3.05) is 18.0 Å². The van der Waals surface area contributed by atoms with Crippen molar-refractivity contribution in [2.45, 2.75) is 13.8 Å². The number of aromatic nitrogens is 1. The van der Waals surface area contributed by atoms with E-state index in [-0.39, 0.29) is 6.03 Å². The van der Waals surface area contributed by atoms with Crippen LogP contribution in [-0.2, 0) is 0 Å². The van der Waals surface area contributed by atoms with E-state index in [1.807, 2.05) is 13.0 Å². The summed E-state index contributed by atoms with van der Waals surface area (Å²) >= 11 is 0. The van der Waals surface area contributed by atoms with Crippen LogP contribution in [-0.4, -0.2) is 35.9 Å². The first kappa shape index (κ1) is 13.1. The molecule has 19 heavy (non-hydrogen) atoms. The maximum absolute atomic E-state index is 12.4. The van der Waals surface area contributed by atoms with Crippen LogP contribution < -0.4 is 4.90 Å². The summed E-state index contributed by atoms with van der Waals surface area (Å²) < 4.78 is 5.04. The van der Waals surface area contributed by atoms with Crippen LogP contribution in [0.3, 0.4) is 0 Å². The second-order valence-corrected chi connectivity index (χ2v) is 4.08. The van der Waals surface area contributed by atoms with Gasteiger partial charge in [0.25, 0.3) is 0 Å². The molecule has 1 aliphatic heterocycles. The number of allylic oxidation sites excluding steroid dienone is 1. The fourth-order valence-electron chi connectivity index (χ4n) is 1.85. The number of hydrogen-bond donors (Lipinski definition) is 0. The molecule has 0 atom stereocenters. The number of aryl methyl sites for hydroxylation is 1. The average Bonchev–Trinajstić information content (AvgIpc) is 2.82. The molecule has 0 unspecified atom stereocenters. The Kier molecular flexibility index (Phi) is 3.79. The molecular formula is C13H16N4O2. The number of carbonyl (C=O) groups is 1. The molecule has 6 nitrogen and oxygen atoms in total. The Bertz CT molecular complexity index is 545. The van der Waals surface area contributed by atoms with E-state index in [2.05, 4.69) is 16.9 Å². The summed E-state index contributed by atoms with van der Waals surface area (Å²) in [5, 5.41) is 3.90. The van der Waals surface area contributed by atoms with Crippen molar-refractivity contribution in [3.8, 4) is 0 Å². The Morgan fingerprint density at radius 2 is 2.42 bits per heavy atom. The van der Waals surface area contributed by atoms with Crippen molar-refractivity contribution >= 4 is 18.6 Å². The summed E-state index contributed by atoms with van der Waals surface area (Å²) in [4.78, 5) is 19.3. The lowest BCUT2D eigenvalue weighted by molar-refractivity contribution is 0.211. The average molecular weight is 260 g/mol. The molecule has 0 radical (unpaired) electrons. The van der Waals surface area contributed by atoms with Crippen LogP contribution in [0.15, 0.2) is 39.6 Å². The van der Waals surface area contributed by atoms with Gasteiger partial charge in [0.05, 0.1) is 5.70 Å². The molecule has 1 aliphatic rings. The van der Waals surface area contributed by atoms with Gasteiger partial charge in [-0.2, -0.15) is 0 Å². The zero-order chi connectivity index (χ0) is 13.8. The standard InChI is InChI=1S/C13H16N4O2/c1-4-16-8-6-11(5-7-14-3)17(13(16)18)12-9-10(2)19-15-12/h5-7,9H,3-4,8H2,1-2H3/b7-5-. The number of carbonyl (C=O) groups excluding carboxylic acids is 1. The molecule has 0 saturated heterocycles. The minimum absolute atomic E-state index is 0.123. The van der Waals surface area contributed by atoms with Crippen molar-refractivity contribution < 1.29 is 9.32 Å². The maximum atomic E-state index is 12.4. The zero-order valence-electron chi connectivity index (χ0n) is 11.0. The third-order valence-electron chi connectivity index (χ3n) is 2.82. The van der Waals surface area contributed by atoms with Crippen LogP contribution in [0.4, 0.5) is 10.6 Å². The highest BCUT2D eigenvalue weighted by atomic mass is 16.5. The number of anilines is 1. The minimum atomic E-state index is -0.123. The predicted molar refractivity (Wildman–Crippen MR) is 73.1 cm³/mol. The normalized spacial score (nSPS) is 16.1. The van der Waals surface area contributed by atoms with Gasteiger partial charge in [-0.05, 0) is 32.7 Å². The minimum Gasteiger partial charge on any atom is -0.360 e. The molecule has 0 aromatic carbocycles. The quantitative estimate of drug-likeness (QED) is 0.781. The number of amides is 2. The largest absolute Gasteiger partial charge is 0.360 e. The van der Waals surface area contributed by atoms with Gasteiger partial charge in [-0.3, -0.25) is 4.99 Å². The summed E-state index contributed by atoms with van der Waals surface area (Å²) in [6.07, 6.45) is 5.21. The molecule has 100 valence electrons. The van der Waals surface area contributed by atoms with E-state index in [1.54, 1.807) is 30.2 Å². The van der Waals surface area contributed by atoms with Gasteiger partial charge in [0.2, 0.25) is 0 Å². The van der Waals surface area contributed by atoms with Gasteiger partial charge < -0.3 is 9.42 Å². The second kappa shape index (κ2) is 5.51. The number of nitrogens with zero attached hydrogens (tertiary/aromatic N) is 4. The molecule has 1 aromatic rings. The molecular weight excluding hydrogens is 244 g/mol. The molecule has 0 saturated carbocycles. The lowest BCUT2D eigenvalue weighted by atomic mass is 10.2. The van der Waals surface area contributed by atoms with Crippen molar-refractivity contribution in [3.05, 3.63) is 35.9 Å². The summed E-state index contributed by atoms with van der Waals surface area (Å²) in [7, 11) is 0. The fourth-order valence-corrected chi connectivity index (χ4v) is 1.85. The van der Waals surface area contributed by atoms with Gasteiger partial charge in [0.1, 0.15) is 5.76 Å². The molecule has 0 aliphatic carbocycles. The van der Waals surface area contributed by atoms with E-state index in [1.165, 1.54) is 4.90 Å². The number of rotatable bonds is 4. The summed E-state index contributed by atoms with van der Waals surface area (Å²) in [6, 6.07) is 1.60. The van der Waals surface area contributed by atoms with Crippen molar-refractivity contribution in [2.24, 2.45) is 4.99 Å². The topological polar surface area (TPSA) is 61.9 Å². The summed E-state index contributed by atoms with van der Waals surface area (Å²) in [5.74, 6) is 1.13. The lowest BCUT2D eigenvalue weighted by Crippen LogP contribution is -2.46. The molecule has 0 spiro atoms. The van der Waals surface area contributed by atoms with Crippen LogP contribution in [0, 0.1) is 6.92 Å². The maximum Gasteiger partial charge on any atom is 0.330 e. The Morgan fingerprint density at radius 3 is 3.00 bits per heavy atom. The summed E-state index contributed by atoms with van der Waals surface area (Å²) in [5.41, 5.74) is 0.718. The van der Waals surface area contributed by atoms with Crippen LogP contribution in [0.2, 0.25) is 0 Å². The van der Waals surface area contributed by atoms with Crippen LogP contribution in [0.5, 0.6) is 0 Å². The van der Waals surface area contributed by atoms with Crippen LogP contribution in [0.1, 0.15) is 12.7 Å². The monoisotopic (exact) mass is 260 g/mol. The smallest absolute Gasteiger partial charge is 0.330 e. The third-order valence-corrected chi connectivity index (χ3v) is 2.82. The van der Waals surface area contributed by atoms with Gasteiger partial charge in [-0.15, -0.1) is 0 Å². The molecule has 2 heterocycles. The van der Waals surface area contributed by atoms with E-state index in [0.29, 0.717) is 24.7 Å². The molecule has 0 fully saturated rings.